The van der Waals surface area contributed by atoms with E-state index in [1.807, 2.05) is 50.2 Å². The van der Waals surface area contributed by atoms with Gasteiger partial charge in [-0.2, -0.15) is 4.98 Å². The number of aliphatic hydroxyl groups is 1. The highest BCUT2D eigenvalue weighted by atomic mass is 16.5. The minimum Gasteiger partial charge on any atom is -0.489 e. The fourth-order valence-electron chi connectivity index (χ4n) is 2.17. The Morgan fingerprint density at radius 3 is 2.80 bits per heavy atom. The summed E-state index contributed by atoms with van der Waals surface area (Å²) in [7, 11) is 0. The second-order valence-electron chi connectivity index (χ2n) is 6.40. The fourth-order valence-corrected chi connectivity index (χ4v) is 2.17. The summed E-state index contributed by atoms with van der Waals surface area (Å²) in [6.07, 6.45) is 3.49. The van der Waals surface area contributed by atoms with Crippen LogP contribution in [0.15, 0.2) is 53.3 Å². The molecule has 1 aromatic carbocycles. The third-order valence-corrected chi connectivity index (χ3v) is 4.20. The Morgan fingerprint density at radius 1 is 1.24 bits per heavy atom. The van der Waals surface area contributed by atoms with Crippen LogP contribution in [-0.2, 0) is 12.2 Å². The quantitative estimate of drug-likeness (QED) is 0.739. The molecule has 0 aliphatic rings. The number of rotatable bonds is 6. The Morgan fingerprint density at radius 2 is 2.08 bits per heavy atom. The van der Waals surface area contributed by atoms with Gasteiger partial charge in [0, 0.05) is 23.5 Å². The van der Waals surface area contributed by atoms with Crippen LogP contribution >= 0.6 is 0 Å². The lowest BCUT2D eigenvalue weighted by Gasteiger charge is -2.22. The Labute approximate surface area is 146 Å². The van der Waals surface area contributed by atoms with Crippen molar-refractivity contribution in [3.05, 3.63) is 60.2 Å². The molecule has 1 unspecified atom stereocenters. The number of aromatic nitrogens is 3. The zero-order valence-corrected chi connectivity index (χ0v) is 14.5. The maximum Gasteiger partial charge on any atom is 0.258 e. The molecule has 130 valence electrons. The number of hydrogen-bond donors (Lipinski definition) is 1. The van der Waals surface area contributed by atoms with Gasteiger partial charge in [0.05, 0.1) is 0 Å². The summed E-state index contributed by atoms with van der Waals surface area (Å²) >= 11 is 0. The zero-order valence-electron chi connectivity index (χ0n) is 14.5. The monoisotopic (exact) mass is 339 g/mol. The van der Waals surface area contributed by atoms with E-state index in [1.165, 1.54) is 0 Å². The second kappa shape index (κ2) is 7.03. The average molecular weight is 339 g/mol. The molecule has 0 radical (unpaired) electrons. The summed E-state index contributed by atoms with van der Waals surface area (Å²) in [5.74, 6) is 1.28. The molecule has 3 rings (SSSR count). The second-order valence-corrected chi connectivity index (χ2v) is 6.40. The molecule has 25 heavy (non-hydrogen) atoms. The minimum absolute atomic E-state index is 0.0463. The Balaban J connectivity index is 1.77. The maximum atomic E-state index is 10.5. The van der Waals surface area contributed by atoms with Crippen LogP contribution in [0, 0.1) is 5.92 Å². The molecular formula is C19H21N3O3. The first kappa shape index (κ1) is 17.1. The highest BCUT2D eigenvalue weighted by Crippen LogP contribution is 2.30. The normalized spacial score (nSPS) is 13.6. The Bertz CT molecular complexity index is 829. The SMILES string of the molecule is CC(C)C(C)(O)c1nc(-c2cccc(OCc3cccnc3)c2)no1. The third-order valence-electron chi connectivity index (χ3n) is 4.20. The van der Waals surface area contributed by atoms with Crippen LogP contribution in [0.1, 0.15) is 32.2 Å². The Kier molecular flexibility index (Phi) is 4.81. The standard InChI is InChI=1S/C19H21N3O3/c1-13(2)19(3,23)18-21-17(22-25-18)15-7-4-8-16(10-15)24-12-14-6-5-9-20-11-14/h4-11,13,23H,12H2,1-3H3. The van der Waals surface area contributed by atoms with Crippen LogP contribution in [0.2, 0.25) is 0 Å². The summed E-state index contributed by atoms with van der Waals surface area (Å²) in [6.45, 7) is 5.90. The van der Waals surface area contributed by atoms with Gasteiger partial charge in [0.1, 0.15) is 18.0 Å². The summed E-state index contributed by atoms with van der Waals surface area (Å²) in [4.78, 5) is 8.41. The molecule has 0 bridgehead atoms. The number of nitrogens with zero attached hydrogens (tertiary/aromatic N) is 3. The van der Waals surface area contributed by atoms with E-state index in [0.717, 1.165) is 11.1 Å². The highest BCUT2D eigenvalue weighted by Gasteiger charge is 2.33. The molecule has 0 aliphatic heterocycles. The first-order chi connectivity index (χ1) is 12.0. The lowest BCUT2D eigenvalue weighted by molar-refractivity contribution is -0.0205. The van der Waals surface area contributed by atoms with Crippen molar-refractivity contribution in [3.63, 3.8) is 0 Å². The molecule has 0 saturated heterocycles. The van der Waals surface area contributed by atoms with E-state index in [-0.39, 0.29) is 11.8 Å². The van der Waals surface area contributed by atoms with E-state index in [0.29, 0.717) is 18.2 Å². The van der Waals surface area contributed by atoms with E-state index >= 15 is 0 Å². The van der Waals surface area contributed by atoms with E-state index in [4.69, 9.17) is 9.26 Å². The Hall–Kier alpha value is -2.73. The lowest BCUT2D eigenvalue weighted by atomic mass is 9.92. The largest absolute Gasteiger partial charge is 0.489 e. The highest BCUT2D eigenvalue weighted by molar-refractivity contribution is 5.56. The number of pyridine rings is 1. The van der Waals surface area contributed by atoms with Gasteiger partial charge in [-0.05, 0) is 31.0 Å². The minimum atomic E-state index is -1.17. The van der Waals surface area contributed by atoms with E-state index < -0.39 is 5.60 Å². The van der Waals surface area contributed by atoms with Crippen molar-refractivity contribution < 1.29 is 14.4 Å². The zero-order chi connectivity index (χ0) is 17.9. The summed E-state index contributed by atoms with van der Waals surface area (Å²) in [5, 5.41) is 14.4. The van der Waals surface area contributed by atoms with E-state index in [9.17, 15) is 5.11 Å². The van der Waals surface area contributed by atoms with Crippen molar-refractivity contribution in [2.24, 2.45) is 5.92 Å². The van der Waals surface area contributed by atoms with Crippen molar-refractivity contribution in [2.75, 3.05) is 0 Å². The molecule has 0 spiro atoms. The molecule has 0 aliphatic carbocycles. The number of hydrogen-bond acceptors (Lipinski definition) is 6. The lowest BCUT2D eigenvalue weighted by Crippen LogP contribution is -2.28. The molecule has 6 nitrogen and oxygen atoms in total. The van der Waals surface area contributed by atoms with Gasteiger partial charge in [0.15, 0.2) is 0 Å². The van der Waals surface area contributed by atoms with Crippen molar-refractivity contribution in [3.8, 4) is 17.1 Å². The van der Waals surface area contributed by atoms with Gasteiger partial charge in [0.25, 0.3) is 5.89 Å². The van der Waals surface area contributed by atoms with Gasteiger partial charge in [-0.25, -0.2) is 0 Å². The molecule has 6 heteroatoms. The van der Waals surface area contributed by atoms with Gasteiger partial charge < -0.3 is 14.4 Å². The van der Waals surface area contributed by atoms with Gasteiger partial charge >= 0.3 is 0 Å². The molecular weight excluding hydrogens is 318 g/mol. The van der Waals surface area contributed by atoms with Crippen LogP contribution in [0.3, 0.4) is 0 Å². The predicted molar refractivity (Wildman–Crippen MR) is 92.7 cm³/mol. The first-order valence-electron chi connectivity index (χ1n) is 8.15. The molecule has 0 fully saturated rings. The molecule has 0 saturated carbocycles. The van der Waals surface area contributed by atoms with Gasteiger partial charge in [-0.1, -0.05) is 37.2 Å². The molecule has 1 atom stereocenters. The molecule has 3 aromatic rings. The number of benzene rings is 1. The average Bonchev–Trinajstić information content (AvgIpc) is 3.12. The topological polar surface area (TPSA) is 81.3 Å². The van der Waals surface area contributed by atoms with Crippen molar-refractivity contribution in [1.29, 1.82) is 0 Å². The van der Waals surface area contributed by atoms with Crippen LogP contribution < -0.4 is 4.74 Å². The molecule has 0 amide bonds. The van der Waals surface area contributed by atoms with Crippen molar-refractivity contribution >= 4 is 0 Å². The summed E-state index contributed by atoms with van der Waals surface area (Å²) in [6, 6.07) is 11.3. The van der Waals surface area contributed by atoms with E-state index in [1.54, 1.807) is 19.3 Å². The molecule has 1 N–H and O–H groups in total. The maximum absolute atomic E-state index is 10.5. The smallest absolute Gasteiger partial charge is 0.258 e. The predicted octanol–water partition coefficient (Wildman–Crippen LogP) is 3.57. The first-order valence-corrected chi connectivity index (χ1v) is 8.15. The van der Waals surface area contributed by atoms with Crippen LogP contribution in [0.5, 0.6) is 5.75 Å². The van der Waals surface area contributed by atoms with Gasteiger partial charge in [-0.3, -0.25) is 4.98 Å². The summed E-state index contributed by atoms with van der Waals surface area (Å²) in [5.41, 5.74) is 0.584. The van der Waals surface area contributed by atoms with Gasteiger partial charge in [0.2, 0.25) is 5.82 Å². The molecule has 2 heterocycles. The fraction of sp³-hybridized carbons (Fsp3) is 0.316. The van der Waals surface area contributed by atoms with Gasteiger partial charge in [-0.15, -0.1) is 0 Å². The van der Waals surface area contributed by atoms with Crippen molar-refractivity contribution in [2.45, 2.75) is 33.0 Å². The van der Waals surface area contributed by atoms with E-state index in [2.05, 4.69) is 15.1 Å². The summed E-state index contributed by atoms with van der Waals surface area (Å²) < 4.78 is 11.0. The molecule has 2 aromatic heterocycles. The number of ether oxygens (including phenoxy) is 1. The van der Waals surface area contributed by atoms with Crippen molar-refractivity contribution in [1.82, 2.24) is 15.1 Å². The van der Waals surface area contributed by atoms with Crippen LogP contribution in [0.25, 0.3) is 11.4 Å². The third kappa shape index (κ3) is 3.85. The van der Waals surface area contributed by atoms with Crippen LogP contribution in [0.4, 0.5) is 0 Å². The van der Waals surface area contributed by atoms with Crippen LogP contribution in [-0.4, -0.2) is 20.2 Å².